The third kappa shape index (κ3) is 2.89. The fourth-order valence-corrected chi connectivity index (χ4v) is 2.90. The molecule has 92 valence electrons. The van der Waals surface area contributed by atoms with E-state index in [1.165, 1.54) is 4.88 Å². The van der Waals surface area contributed by atoms with Crippen LogP contribution in [0, 0.1) is 6.92 Å². The van der Waals surface area contributed by atoms with E-state index in [0.717, 1.165) is 11.3 Å². The second kappa shape index (κ2) is 5.21. The molecule has 5 heteroatoms. The van der Waals surface area contributed by atoms with E-state index in [1.807, 2.05) is 31.5 Å². The van der Waals surface area contributed by atoms with Crippen LogP contribution in [0.15, 0.2) is 17.5 Å². The Balaban J connectivity index is 2.05. The van der Waals surface area contributed by atoms with Crippen molar-refractivity contribution in [3.05, 3.63) is 38.8 Å². The van der Waals surface area contributed by atoms with Crippen molar-refractivity contribution < 1.29 is 5.11 Å². The van der Waals surface area contributed by atoms with Gasteiger partial charge in [-0.3, -0.25) is 4.68 Å². The molecule has 0 aliphatic heterocycles. The van der Waals surface area contributed by atoms with Gasteiger partial charge in [-0.05, 0) is 18.4 Å². The first kappa shape index (κ1) is 12.6. The molecule has 1 N–H and O–H groups in total. The maximum Gasteiger partial charge on any atom is 0.130 e. The van der Waals surface area contributed by atoms with Gasteiger partial charge in [-0.25, -0.2) is 0 Å². The largest absolute Gasteiger partial charge is 0.392 e. The molecular formula is C12H15ClN2OS. The molecule has 0 saturated heterocycles. The third-order valence-electron chi connectivity index (χ3n) is 2.73. The Morgan fingerprint density at radius 1 is 1.53 bits per heavy atom. The highest BCUT2D eigenvalue weighted by atomic mass is 35.5. The quantitative estimate of drug-likeness (QED) is 0.927. The summed E-state index contributed by atoms with van der Waals surface area (Å²) in [5, 5.41) is 16.9. The lowest BCUT2D eigenvalue weighted by atomic mass is 10.1. The van der Waals surface area contributed by atoms with E-state index in [1.54, 1.807) is 16.0 Å². The van der Waals surface area contributed by atoms with E-state index in [0.29, 0.717) is 18.0 Å². The van der Waals surface area contributed by atoms with Gasteiger partial charge in [0.1, 0.15) is 5.15 Å². The molecule has 2 heterocycles. The number of nitrogens with zero attached hydrogens (tertiary/aromatic N) is 2. The number of aliphatic hydroxyl groups is 1. The zero-order valence-corrected chi connectivity index (χ0v) is 11.4. The maximum absolute atomic E-state index is 10.0. The van der Waals surface area contributed by atoms with Gasteiger partial charge in [0.25, 0.3) is 0 Å². The Morgan fingerprint density at radius 3 is 2.82 bits per heavy atom. The molecule has 2 aromatic heterocycles. The monoisotopic (exact) mass is 270 g/mol. The second-order valence-electron chi connectivity index (χ2n) is 4.12. The Labute approximate surface area is 110 Å². The molecule has 0 bridgehead atoms. The van der Waals surface area contributed by atoms with Crippen molar-refractivity contribution in [1.82, 2.24) is 9.78 Å². The normalized spacial score (nSPS) is 12.9. The topological polar surface area (TPSA) is 38.0 Å². The van der Waals surface area contributed by atoms with Crippen molar-refractivity contribution in [2.24, 2.45) is 7.05 Å². The van der Waals surface area contributed by atoms with E-state index in [4.69, 9.17) is 11.6 Å². The van der Waals surface area contributed by atoms with Gasteiger partial charge in [0.15, 0.2) is 0 Å². The summed E-state index contributed by atoms with van der Waals surface area (Å²) in [7, 11) is 1.81. The van der Waals surface area contributed by atoms with Crippen LogP contribution >= 0.6 is 22.9 Å². The molecule has 0 spiro atoms. The summed E-state index contributed by atoms with van der Waals surface area (Å²) in [4.78, 5) is 1.19. The molecule has 0 aliphatic rings. The van der Waals surface area contributed by atoms with E-state index < -0.39 is 6.10 Å². The molecule has 17 heavy (non-hydrogen) atoms. The molecule has 0 aromatic carbocycles. The first-order valence-electron chi connectivity index (χ1n) is 5.46. The fraction of sp³-hybridized carbons (Fsp3) is 0.417. The third-order valence-corrected chi connectivity index (χ3v) is 4.10. The second-order valence-corrected chi connectivity index (χ2v) is 5.51. The summed E-state index contributed by atoms with van der Waals surface area (Å²) in [6, 6.07) is 4.03. The van der Waals surface area contributed by atoms with Crippen LogP contribution in [0.4, 0.5) is 0 Å². The first-order valence-corrected chi connectivity index (χ1v) is 6.72. The van der Waals surface area contributed by atoms with Crippen LogP contribution in [0.25, 0.3) is 0 Å². The highest BCUT2D eigenvalue weighted by Crippen LogP contribution is 2.22. The van der Waals surface area contributed by atoms with Crippen LogP contribution in [-0.4, -0.2) is 21.0 Å². The lowest BCUT2D eigenvalue weighted by Crippen LogP contribution is -2.13. The van der Waals surface area contributed by atoms with Gasteiger partial charge in [-0.1, -0.05) is 17.7 Å². The summed E-state index contributed by atoms with van der Waals surface area (Å²) >= 11 is 7.79. The van der Waals surface area contributed by atoms with E-state index in [9.17, 15) is 5.11 Å². The predicted octanol–water partition coefficient (Wildman–Crippen LogP) is 2.59. The van der Waals surface area contributed by atoms with Crippen LogP contribution in [0.1, 0.15) is 16.1 Å². The van der Waals surface area contributed by atoms with Crippen LogP contribution in [0.3, 0.4) is 0 Å². The van der Waals surface area contributed by atoms with Crippen molar-refractivity contribution in [1.29, 1.82) is 0 Å². The summed E-state index contributed by atoms with van der Waals surface area (Å²) < 4.78 is 1.64. The number of hydrogen-bond acceptors (Lipinski definition) is 3. The van der Waals surface area contributed by atoms with Crippen LogP contribution in [0.2, 0.25) is 5.15 Å². The first-order chi connectivity index (χ1) is 8.08. The van der Waals surface area contributed by atoms with Crippen LogP contribution in [0.5, 0.6) is 0 Å². The number of rotatable bonds is 4. The van der Waals surface area contributed by atoms with Crippen molar-refractivity contribution in [3.63, 3.8) is 0 Å². The average Bonchev–Trinajstić information content (AvgIpc) is 2.83. The summed E-state index contributed by atoms with van der Waals surface area (Å²) in [6.07, 6.45) is 0.813. The molecule has 0 aliphatic carbocycles. The number of aryl methyl sites for hydroxylation is 2. The molecule has 0 saturated carbocycles. The smallest absolute Gasteiger partial charge is 0.130 e. The highest BCUT2D eigenvalue weighted by molar-refractivity contribution is 7.09. The SMILES string of the molecule is Cc1nn(C)c(Cl)c1CC(O)Cc1cccs1. The zero-order valence-electron chi connectivity index (χ0n) is 9.85. The van der Waals surface area contributed by atoms with Gasteiger partial charge in [0.2, 0.25) is 0 Å². The van der Waals surface area contributed by atoms with Gasteiger partial charge in [-0.2, -0.15) is 5.10 Å². The van der Waals surface area contributed by atoms with Crippen LogP contribution in [-0.2, 0) is 19.9 Å². The minimum absolute atomic E-state index is 0.408. The Hall–Kier alpha value is -0.840. The summed E-state index contributed by atoms with van der Waals surface area (Å²) in [6.45, 7) is 1.92. The van der Waals surface area contributed by atoms with Gasteiger partial charge in [0.05, 0.1) is 11.8 Å². The molecule has 0 radical (unpaired) electrons. The predicted molar refractivity (Wildman–Crippen MR) is 70.7 cm³/mol. The molecule has 3 nitrogen and oxygen atoms in total. The van der Waals surface area contributed by atoms with E-state index in [-0.39, 0.29) is 0 Å². The standard InChI is InChI=1S/C12H15ClN2OS/c1-8-11(12(13)15(2)14-8)7-9(16)6-10-4-3-5-17-10/h3-5,9,16H,6-7H2,1-2H3. The molecule has 1 unspecified atom stereocenters. The fourth-order valence-electron chi connectivity index (χ4n) is 1.87. The highest BCUT2D eigenvalue weighted by Gasteiger charge is 2.16. The summed E-state index contributed by atoms with van der Waals surface area (Å²) in [5.41, 5.74) is 1.83. The Bertz CT molecular complexity index is 493. The van der Waals surface area contributed by atoms with Crippen molar-refractivity contribution in [3.8, 4) is 0 Å². The Morgan fingerprint density at radius 2 is 2.29 bits per heavy atom. The lowest BCUT2D eigenvalue weighted by molar-refractivity contribution is 0.176. The van der Waals surface area contributed by atoms with E-state index >= 15 is 0 Å². The zero-order chi connectivity index (χ0) is 12.4. The minimum atomic E-state index is -0.408. The van der Waals surface area contributed by atoms with Crippen molar-refractivity contribution >= 4 is 22.9 Å². The molecule has 2 aromatic rings. The van der Waals surface area contributed by atoms with Gasteiger partial charge < -0.3 is 5.11 Å². The van der Waals surface area contributed by atoms with Gasteiger partial charge >= 0.3 is 0 Å². The van der Waals surface area contributed by atoms with Crippen molar-refractivity contribution in [2.45, 2.75) is 25.9 Å². The summed E-state index contributed by atoms with van der Waals surface area (Å²) in [5.74, 6) is 0. The Kier molecular flexibility index (Phi) is 3.86. The van der Waals surface area contributed by atoms with Crippen LogP contribution < -0.4 is 0 Å². The number of aliphatic hydroxyl groups excluding tert-OH is 1. The van der Waals surface area contributed by atoms with Gasteiger partial charge in [-0.15, -0.1) is 11.3 Å². The average molecular weight is 271 g/mol. The molecule has 2 rings (SSSR count). The lowest BCUT2D eigenvalue weighted by Gasteiger charge is -2.09. The molecular weight excluding hydrogens is 256 g/mol. The molecule has 0 fully saturated rings. The number of aromatic nitrogens is 2. The van der Waals surface area contributed by atoms with Crippen molar-refractivity contribution in [2.75, 3.05) is 0 Å². The number of thiophene rings is 1. The number of hydrogen-bond donors (Lipinski definition) is 1. The van der Waals surface area contributed by atoms with E-state index in [2.05, 4.69) is 5.10 Å². The minimum Gasteiger partial charge on any atom is -0.392 e. The molecule has 1 atom stereocenters. The van der Waals surface area contributed by atoms with Gasteiger partial charge in [0, 0.05) is 30.3 Å². The maximum atomic E-state index is 10.0. The number of halogens is 1. The molecule has 0 amide bonds.